The van der Waals surface area contributed by atoms with E-state index in [4.69, 9.17) is 13.9 Å². The van der Waals surface area contributed by atoms with E-state index < -0.39 is 0 Å². The van der Waals surface area contributed by atoms with E-state index in [0.29, 0.717) is 0 Å². The standard InChI is InChI=1S/C37H24BNO3/c1-23-15-18-29-35(19-23)40-31-13-8-14-32-37(31)38(29)30-22-34-28(21-36(30)41-32)27-17-16-26(20-33(27)42-34)39(24-9-4-2-5-10-24)25-11-6-3-7-12-25/h2-22H,1H3. The number of anilines is 3. The van der Waals surface area contributed by atoms with Crippen molar-refractivity contribution in [2.24, 2.45) is 0 Å². The highest BCUT2D eigenvalue weighted by molar-refractivity contribution is 6.98. The summed E-state index contributed by atoms with van der Waals surface area (Å²) in [6, 6.07) is 44.1. The minimum Gasteiger partial charge on any atom is -0.458 e. The van der Waals surface area contributed by atoms with Gasteiger partial charge in [0.25, 0.3) is 6.71 Å². The molecule has 0 unspecified atom stereocenters. The number of fused-ring (bicyclic) bond motifs is 7. The Morgan fingerprint density at radius 1 is 0.500 bits per heavy atom. The molecule has 1 aromatic heterocycles. The molecule has 0 fully saturated rings. The van der Waals surface area contributed by atoms with Gasteiger partial charge in [-0.15, -0.1) is 0 Å². The maximum atomic E-state index is 6.60. The van der Waals surface area contributed by atoms with Crippen LogP contribution in [0.1, 0.15) is 5.56 Å². The lowest BCUT2D eigenvalue weighted by Crippen LogP contribution is -2.57. The molecule has 0 spiro atoms. The maximum Gasteiger partial charge on any atom is 0.260 e. The smallest absolute Gasteiger partial charge is 0.260 e. The monoisotopic (exact) mass is 541 g/mol. The minimum absolute atomic E-state index is 0.00382. The molecule has 0 saturated heterocycles. The lowest BCUT2D eigenvalue weighted by atomic mass is 9.35. The molecule has 0 aliphatic carbocycles. The molecule has 0 saturated carbocycles. The quantitative estimate of drug-likeness (QED) is 0.212. The van der Waals surface area contributed by atoms with E-state index in [2.05, 4.69) is 109 Å². The van der Waals surface area contributed by atoms with Crippen molar-refractivity contribution in [3.05, 3.63) is 133 Å². The Morgan fingerprint density at radius 3 is 1.88 bits per heavy atom. The van der Waals surface area contributed by atoms with Gasteiger partial charge in [-0.1, -0.05) is 54.6 Å². The highest BCUT2D eigenvalue weighted by Gasteiger charge is 2.40. The molecule has 7 aromatic rings. The van der Waals surface area contributed by atoms with Crippen molar-refractivity contribution in [3.63, 3.8) is 0 Å². The van der Waals surface area contributed by atoms with E-state index in [0.717, 1.165) is 78.4 Å². The van der Waals surface area contributed by atoms with E-state index in [9.17, 15) is 0 Å². The van der Waals surface area contributed by atoms with Gasteiger partial charge in [0.2, 0.25) is 0 Å². The van der Waals surface area contributed by atoms with Gasteiger partial charge in [0.05, 0.1) is 0 Å². The minimum atomic E-state index is 0.00382. The third-order valence-corrected chi connectivity index (χ3v) is 8.42. The highest BCUT2D eigenvalue weighted by atomic mass is 16.5. The number of hydrogen-bond donors (Lipinski definition) is 0. The van der Waals surface area contributed by atoms with Gasteiger partial charge in [0, 0.05) is 39.4 Å². The summed E-state index contributed by atoms with van der Waals surface area (Å²) in [6.07, 6.45) is 0. The van der Waals surface area contributed by atoms with E-state index >= 15 is 0 Å². The van der Waals surface area contributed by atoms with Crippen molar-refractivity contribution < 1.29 is 13.9 Å². The Kier molecular flexibility index (Phi) is 4.88. The lowest BCUT2D eigenvalue weighted by Gasteiger charge is -2.32. The van der Waals surface area contributed by atoms with Crippen LogP contribution in [0.15, 0.2) is 132 Å². The second-order valence-corrected chi connectivity index (χ2v) is 11.0. The number of benzene rings is 6. The molecule has 2 aliphatic rings. The molecular formula is C37H24BNO3. The normalized spacial score (nSPS) is 12.7. The molecule has 0 atom stereocenters. The van der Waals surface area contributed by atoms with Crippen LogP contribution >= 0.6 is 0 Å². The topological polar surface area (TPSA) is 34.8 Å². The molecule has 0 N–H and O–H groups in total. The van der Waals surface area contributed by atoms with Gasteiger partial charge in [-0.05, 0) is 90.1 Å². The van der Waals surface area contributed by atoms with Gasteiger partial charge in [-0.25, -0.2) is 0 Å². The van der Waals surface area contributed by atoms with E-state index in [1.54, 1.807) is 0 Å². The first-order valence-electron chi connectivity index (χ1n) is 14.2. The zero-order valence-electron chi connectivity index (χ0n) is 22.9. The Labute approximate surface area is 243 Å². The summed E-state index contributed by atoms with van der Waals surface area (Å²) < 4.78 is 19.5. The zero-order valence-corrected chi connectivity index (χ0v) is 22.9. The van der Waals surface area contributed by atoms with Crippen LogP contribution < -0.4 is 30.8 Å². The van der Waals surface area contributed by atoms with Crippen molar-refractivity contribution in [1.82, 2.24) is 0 Å². The van der Waals surface area contributed by atoms with Gasteiger partial charge in [-0.2, -0.15) is 0 Å². The van der Waals surface area contributed by atoms with E-state index in [-0.39, 0.29) is 6.71 Å². The van der Waals surface area contributed by atoms with Gasteiger partial charge in [0.1, 0.15) is 34.2 Å². The number of para-hydroxylation sites is 2. The van der Waals surface area contributed by atoms with Gasteiger partial charge < -0.3 is 18.8 Å². The Balaban J connectivity index is 1.23. The fraction of sp³-hybridized carbons (Fsp3) is 0.0270. The number of rotatable bonds is 3. The molecule has 4 nitrogen and oxygen atoms in total. The van der Waals surface area contributed by atoms with Crippen molar-refractivity contribution >= 4 is 62.1 Å². The van der Waals surface area contributed by atoms with Crippen molar-refractivity contribution in [2.75, 3.05) is 4.90 Å². The molecule has 2 aliphatic heterocycles. The second kappa shape index (κ2) is 8.79. The fourth-order valence-electron chi connectivity index (χ4n) is 6.53. The molecule has 6 aromatic carbocycles. The van der Waals surface area contributed by atoms with Crippen molar-refractivity contribution in [1.29, 1.82) is 0 Å². The van der Waals surface area contributed by atoms with Crippen LogP contribution in [0.5, 0.6) is 23.0 Å². The van der Waals surface area contributed by atoms with Crippen LogP contribution in [0.4, 0.5) is 17.1 Å². The number of furan rings is 1. The second-order valence-electron chi connectivity index (χ2n) is 11.0. The van der Waals surface area contributed by atoms with Crippen LogP contribution in [0.25, 0.3) is 21.9 Å². The summed E-state index contributed by atoms with van der Waals surface area (Å²) in [6.45, 7) is 2.10. The molecular weight excluding hydrogens is 517 g/mol. The van der Waals surface area contributed by atoms with Crippen LogP contribution in [-0.4, -0.2) is 6.71 Å². The SMILES string of the molecule is Cc1ccc2c(c1)Oc1cccc3c1B2c1cc2oc4cc(N(c5ccccc5)c5ccccc5)ccc4c2cc1O3. The first-order valence-corrected chi connectivity index (χ1v) is 14.2. The predicted octanol–water partition coefficient (Wildman–Crippen LogP) is 8.09. The molecule has 5 heteroatoms. The molecule has 0 radical (unpaired) electrons. The third kappa shape index (κ3) is 3.43. The summed E-state index contributed by atoms with van der Waals surface area (Å²) in [5, 5.41) is 2.10. The molecule has 9 rings (SSSR count). The fourth-order valence-corrected chi connectivity index (χ4v) is 6.53. The summed E-state index contributed by atoms with van der Waals surface area (Å²) >= 11 is 0. The average Bonchev–Trinajstić information content (AvgIpc) is 3.37. The zero-order chi connectivity index (χ0) is 27.8. The van der Waals surface area contributed by atoms with Crippen LogP contribution in [-0.2, 0) is 0 Å². The van der Waals surface area contributed by atoms with Gasteiger partial charge >= 0.3 is 0 Å². The average molecular weight is 541 g/mol. The number of ether oxygens (including phenoxy) is 2. The molecule has 3 heterocycles. The first-order chi connectivity index (χ1) is 20.7. The molecule has 0 amide bonds. The lowest BCUT2D eigenvalue weighted by molar-refractivity contribution is 0.464. The highest BCUT2D eigenvalue weighted by Crippen LogP contribution is 2.41. The van der Waals surface area contributed by atoms with E-state index in [1.165, 1.54) is 5.56 Å². The van der Waals surface area contributed by atoms with Gasteiger partial charge in [-0.3, -0.25) is 0 Å². The van der Waals surface area contributed by atoms with Crippen molar-refractivity contribution in [3.8, 4) is 23.0 Å². The Hall–Kier alpha value is -5.42. The summed E-state index contributed by atoms with van der Waals surface area (Å²) in [4.78, 5) is 2.25. The number of aryl methyl sites for hydroxylation is 1. The summed E-state index contributed by atoms with van der Waals surface area (Å²) in [5.74, 6) is 3.44. The summed E-state index contributed by atoms with van der Waals surface area (Å²) in [7, 11) is 0. The maximum absolute atomic E-state index is 6.60. The van der Waals surface area contributed by atoms with E-state index in [1.807, 2.05) is 30.3 Å². The van der Waals surface area contributed by atoms with Crippen LogP contribution in [0.3, 0.4) is 0 Å². The molecule has 0 bridgehead atoms. The van der Waals surface area contributed by atoms with Crippen LogP contribution in [0, 0.1) is 6.92 Å². The largest absolute Gasteiger partial charge is 0.458 e. The Morgan fingerprint density at radius 2 is 1.17 bits per heavy atom. The summed E-state index contributed by atoms with van der Waals surface area (Å²) in [5.41, 5.74) is 9.36. The van der Waals surface area contributed by atoms with Crippen LogP contribution in [0.2, 0.25) is 0 Å². The first kappa shape index (κ1) is 23.3. The predicted molar refractivity (Wildman–Crippen MR) is 171 cm³/mol. The molecule has 198 valence electrons. The number of nitrogens with zero attached hydrogens (tertiary/aromatic N) is 1. The van der Waals surface area contributed by atoms with Gasteiger partial charge in [0.15, 0.2) is 0 Å². The molecule has 42 heavy (non-hydrogen) atoms. The Bertz CT molecular complexity index is 2130. The van der Waals surface area contributed by atoms with Crippen molar-refractivity contribution in [2.45, 2.75) is 6.92 Å². The third-order valence-electron chi connectivity index (χ3n) is 8.42. The number of hydrogen-bond acceptors (Lipinski definition) is 4.